The van der Waals surface area contributed by atoms with Crippen molar-refractivity contribution in [1.82, 2.24) is 8.61 Å². The second-order valence-electron chi connectivity index (χ2n) is 6.73. The molecule has 1 aliphatic heterocycles. The van der Waals surface area contributed by atoms with Crippen LogP contribution in [-0.2, 0) is 20.0 Å². The Morgan fingerprint density at radius 3 is 1.83 bits per heavy atom. The summed E-state index contributed by atoms with van der Waals surface area (Å²) in [7, 11) is -8.27. The van der Waals surface area contributed by atoms with E-state index in [9.17, 15) is 30.0 Å². The van der Waals surface area contributed by atoms with Crippen LogP contribution in [0.5, 0.6) is 0 Å². The molecule has 11 heteroatoms. The van der Waals surface area contributed by atoms with Crippen molar-refractivity contribution in [2.24, 2.45) is 0 Å². The minimum absolute atomic E-state index is 0.101. The Labute approximate surface area is 167 Å². The molecule has 0 aromatic heterocycles. The van der Waals surface area contributed by atoms with Gasteiger partial charge in [0.25, 0.3) is 0 Å². The summed E-state index contributed by atoms with van der Waals surface area (Å²) >= 11 is 0. The van der Waals surface area contributed by atoms with Gasteiger partial charge in [0.2, 0.25) is 20.0 Å². The van der Waals surface area contributed by atoms with Crippen molar-refractivity contribution >= 4 is 20.0 Å². The summed E-state index contributed by atoms with van der Waals surface area (Å²) in [6, 6.07) is 5.91. The number of halogens is 3. The Hall–Kier alpha value is -1.95. The molecule has 1 heterocycles. The number of piperazine rings is 1. The lowest BCUT2D eigenvalue weighted by Crippen LogP contribution is -2.50. The smallest absolute Gasteiger partial charge is 0.207 e. The molecule has 1 aliphatic rings. The zero-order valence-corrected chi connectivity index (χ0v) is 17.3. The highest BCUT2D eigenvalue weighted by Gasteiger charge is 2.36. The van der Waals surface area contributed by atoms with Crippen LogP contribution in [0, 0.1) is 31.3 Å². The van der Waals surface area contributed by atoms with Crippen LogP contribution in [0.4, 0.5) is 13.2 Å². The SMILES string of the molecule is Cc1ccc(S(=O)(=O)N2CCN(S(=O)(=O)c3ccc(F)c(F)c3F)CC2)cc1C. The Kier molecular flexibility index (Phi) is 5.78. The molecule has 3 rings (SSSR count). The number of hydrogen-bond acceptors (Lipinski definition) is 4. The maximum absolute atomic E-state index is 13.9. The topological polar surface area (TPSA) is 74.8 Å². The lowest BCUT2D eigenvalue weighted by molar-refractivity contribution is 0.271. The van der Waals surface area contributed by atoms with E-state index in [4.69, 9.17) is 0 Å². The van der Waals surface area contributed by atoms with Crippen molar-refractivity contribution in [1.29, 1.82) is 0 Å². The normalized spacial score (nSPS) is 16.9. The lowest BCUT2D eigenvalue weighted by Gasteiger charge is -2.33. The fraction of sp³-hybridized carbons (Fsp3) is 0.333. The van der Waals surface area contributed by atoms with Gasteiger partial charge in [0.05, 0.1) is 4.90 Å². The number of rotatable bonds is 4. The van der Waals surface area contributed by atoms with Crippen LogP contribution in [-0.4, -0.2) is 51.6 Å². The van der Waals surface area contributed by atoms with Gasteiger partial charge in [0.1, 0.15) is 4.90 Å². The first kappa shape index (κ1) is 21.8. The van der Waals surface area contributed by atoms with Gasteiger partial charge in [-0.05, 0) is 49.2 Å². The number of nitrogens with zero attached hydrogens (tertiary/aromatic N) is 2. The van der Waals surface area contributed by atoms with E-state index in [-0.39, 0.29) is 31.1 Å². The van der Waals surface area contributed by atoms with Crippen molar-refractivity contribution < 1.29 is 30.0 Å². The monoisotopic (exact) mass is 448 g/mol. The van der Waals surface area contributed by atoms with Crippen LogP contribution < -0.4 is 0 Å². The van der Waals surface area contributed by atoms with Gasteiger partial charge in [-0.3, -0.25) is 0 Å². The molecule has 2 aromatic carbocycles. The number of hydrogen-bond donors (Lipinski definition) is 0. The molecule has 0 bridgehead atoms. The molecule has 29 heavy (non-hydrogen) atoms. The standard InChI is InChI=1S/C18H19F3N2O4S2/c1-12-3-4-14(11-13(12)2)28(24,25)22-7-9-23(10-8-22)29(26,27)16-6-5-15(19)17(20)18(16)21/h3-6,11H,7-10H2,1-2H3. The second kappa shape index (κ2) is 7.71. The second-order valence-corrected chi connectivity index (χ2v) is 10.6. The van der Waals surface area contributed by atoms with E-state index in [1.807, 2.05) is 6.92 Å². The first-order valence-corrected chi connectivity index (χ1v) is 11.6. The van der Waals surface area contributed by atoms with Crippen LogP contribution in [0.3, 0.4) is 0 Å². The summed E-state index contributed by atoms with van der Waals surface area (Å²) in [5, 5.41) is 0. The minimum atomic E-state index is -4.45. The third kappa shape index (κ3) is 3.91. The van der Waals surface area contributed by atoms with Crippen molar-refractivity contribution in [3.05, 3.63) is 58.9 Å². The molecule has 158 valence electrons. The molecule has 0 aliphatic carbocycles. The highest BCUT2D eigenvalue weighted by molar-refractivity contribution is 7.89. The molecule has 0 saturated carbocycles. The predicted octanol–water partition coefficient (Wildman–Crippen LogP) is 2.42. The van der Waals surface area contributed by atoms with E-state index in [2.05, 4.69) is 0 Å². The number of benzene rings is 2. The summed E-state index contributed by atoms with van der Waals surface area (Å²) in [6.07, 6.45) is 0. The van der Waals surface area contributed by atoms with E-state index < -0.39 is 42.4 Å². The van der Waals surface area contributed by atoms with Crippen molar-refractivity contribution in [2.45, 2.75) is 23.6 Å². The van der Waals surface area contributed by atoms with E-state index >= 15 is 0 Å². The molecule has 1 fully saturated rings. The van der Waals surface area contributed by atoms with Gasteiger partial charge in [-0.2, -0.15) is 8.61 Å². The summed E-state index contributed by atoms with van der Waals surface area (Å²) in [5.74, 6) is -5.16. The van der Waals surface area contributed by atoms with Gasteiger partial charge >= 0.3 is 0 Å². The average molecular weight is 448 g/mol. The van der Waals surface area contributed by atoms with Crippen molar-refractivity contribution in [2.75, 3.05) is 26.2 Å². The average Bonchev–Trinajstić information content (AvgIpc) is 2.68. The predicted molar refractivity (Wildman–Crippen MR) is 99.7 cm³/mol. The Morgan fingerprint density at radius 1 is 0.724 bits per heavy atom. The van der Waals surface area contributed by atoms with E-state index in [1.54, 1.807) is 19.1 Å². The molecule has 0 radical (unpaired) electrons. The van der Waals surface area contributed by atoms with Gasteiger partial charge in [0, 0.05) is 26.2 Å². The molecule has 0 N–H and O–H groups in total. The van der Waals surface area contributed by atoms with Gasteiger partial charge < -0.3 is 0 Å². The van der Waals surface area contributed by atoms with Crippen molar-refractivity contribution in [3.63, 3.8) is 0 Å². The summed E-state index contributed by atoms with van der Waals surface area (Å²) in [4.78, 5) is -0.884. The van der Waals surface area contributed by atoms with E-state index in [0.717, 1.165) is 19.7 Å². The largest absolute Gasteiger partial charge is 0.246 e. The quantitative estimate of drug-likeness (QED) is 0.674. The molecule has 1 saturated heterocycles. The number of sulfonamides is 2. The molecule has 6 nitrogen and oxygen atoms in total. The fourth-order valence-electron chi connectivity index (χ4n) is 3.02. The van der Waals surface area contributed by atoms with Crippen LogP contribution in [0.25, 0.3) is 0 Å². The summed E-state index contributed by atoms with van der Waals surface area (Å²) < 4.78 is 93.3. The third-order valence-electron chi connectivity index (χ3n) is 4.93. The Morgan fingerprint density at radius 2 is 1.28 bits per heavy atom. The van der Waals surface area contributed by atoms with E-state index in [1.165, 1.54) is 6.07 Å². The third-order valence-corrected chi connectivity index (χ3v) is 8.74. The van der Waals surface area contributed by atoms with Gasteiger partial charge in [0.15, 0.2) is 17.5 Å². The van der Waals surface area contributed by atoms with Crippen LogP contribution >= 0.6 is 0 Å². The van der Waals surface area contributed by atoms with Crippen LogP contribution in [0.2, 0.25) is 0 Å². The van der Waals surface area contributed by atoms with E-state index in [0.29, 0.717) is 12.1 Å². The Balaban J connectivity index is 1.81. The fourth-order valence-corrected chi connectivity index (χ4v) is 6.01. The first-order valence-electron chi connectivity index (χ1n) is 8.67. The lowest BCUT2D eigenvalue weighted by atomic mass is 10.1. The highest BCUT2D eigenvalue weighted by Crippen LogP contribution is 2.26. The zero-order chi connectivity index (χ0) is 21.6. The maximum Gasteiger partial charge on any atom is 0.246 e. The molecule has 0 atom stereocenters. The first-order chi connectivity index (χ1) is 13.5. The number of aryl methyl sites for hydroxylation is 2. The molecule has 2 aromatic rings. The van der Waals surface area contributed by atoms with Crippen LogP contribution in [0.1, 0.15) is 11.1 Å². The van der Waals surface area contributed by atoms with Gasteiger partial charge in [-0.25, -0.2) is 30.0 Å². The summed E-state index contributed by atoms with van der Waals surface area (Å²) in [5.41, 5.74) is 1.74. The molecule has 0 spiro atoms. The molecular weight excluding hydrogens is 429 g/mol. The van der Waals surface area contributed by atoms with Gasteiger partial charge in [-0.1, -0.05) is 6.07 Å². The summed E-state index contributed by atoms with van der Waals surface area (Å²) in [6.45, 7) is 2.84. The van der Waals surface area contributed by atoms with Crippen LogP contribution in [0.15, 0.2) is 40.1 Å². The zero-order valence-electron chi connectivity index (χ0n) is 15.7. The maximum atomic E-state index is 13.9. The molecule has 0 amide bonds. The van der Waals surface area contributed by atoms with Crippen molar-refractivity contribution in [3.8, 4) is 0 Å². The van der Waals surface area contributed by atoms with Gasteiger partial charge in [-0.15, -0.1) is 0 Å². The molecule has 0 unspecified atom stereocenters. The molecular formula is C18H19F3N2O4S2. The Bertz CT molecular complexity index is 1160. The minimum Gasteiger partial charge on any atom is -0.207 e. The highest BCUT2D eigenvalue weighted by atomic mass is 32.2.